The SMILES string of the molecule is COC(=O)C(O)Cc1cc(F)c(F)cc1F. The van der Waals surface area contributed by atoms with Crippen LogP contribution in [0, 0.1) is 17.5 Å². The van der Waals surface area contributed by atoms with E-state index in [0.29, 0.717) is 12.1 Å². The molecule has 16 heavy (non-hydrogen) atoms. The van der Waals surface area contributed by atoms with Gasteiger partial charge in [-0.15, -0.1) is 0 Å². The Kier molecular flexibility index (Phi) is 3.89. The van der Waals surface area contributed by atoms with Crippen molar-refractivity contribution >= 4 is 5.97 Å². The van der Waals surface area contributed by atoms with Gasteiger partial charge in [-0.2, -0.15) is 0 Å². The molecule has 0 aliphatic heterocycles. The quantitative estimate of drug-likeness (QED) is 0.631. The van der Waals surface area contributed by atoms with Crippen molar-refractivity contribution in [1.29, 1.82) is 0 Å². The summed E-state index contributed by atoms with van der Waals surface area (Å²) in [5.74, 6) is -4.56. The second-order valence-corrected chi connectivity index (χ2v) is 3.10. The Bertz CT molecular complexity index is 407. The van der Waals surface area contributed by atoms with Crippen molar-refractivity contribution in [3.63, 3.8) is 0 Å². The molecule has 0 saturated heterocycles. The zero-order valence-corrected chi connectivity index (χ0v) is 8.34. The van der Waals surface area contributed by atoms with Crippen molar-refractivity contribution in [3.05, 3.63) is 35.1 Å². The monoisotopic (exact) mass is 234 g/mol. The van der Waals surface area contributed by atoms with Gasteiger partial charge < -0.3 is 9.84 Å². The van der Waals surface area contributed by atoms with Gasteiger partial charge in [0.2, 0.25) is 0 Å². The van der Waals surface area contributed by atoms with Crippen molar-refractivity contribution in [2.45, 2.75) is 12.5 Å². The lowest BCUT2D eigenvalue weighted by atomic mass is 10.1. The van der Waals surface area contributed by atoms with Gasteiger partial charge >= 0.3 is 5.97 Å². The first kappa shape index (κ1) is 12.5. The highest BCUT2D eigenvalue weighted by atomic mass is 19.2. The van der Waals surface area contributed by atoms with Gasteiger partial charge in [0.25, 0.3) is 0 Å². The molecule has 1 aromatic rings. The highest BCUT2D eigenvalue weighted by Gasteiger charge is 2.19. The first-order valence-electron chi connectivity index (χ1n) is 4.35. The fraction of sp³-hybridized carbons (Fsp3) is 0.300. The molecule has 1 unspecified atom stereocenters. The number of rotatable bonds is 3. The summed E-state index contributed by atoms with van der Waals surface area (Å²) in [6, 6.07) is 0.950. The fourth-order valence-corrected chi connectivity index (χ4v) is 1.15. The van der Waals surface area contributed by atoms with E-state index in [1.165, 1.54) is 0 Å². The third kappa shape index (κ3) is 2.73. The van der Waals surface area contributed by atoms with Crippen molar-refractivity contribution in [2.75, 3.05) is 7.11 Å². The normalized spacial score (nSPS) is 12.3. The minimum Gasteiger partial charge on any atom is -0.467 e. The van der Waals surface area contributed by atoms with Crippen LogP contribution in [-0.2, 0) is 16.0 Å². The number of halogens is 3. The second-order valence-electron chi connectivity index (χ2n) is 3.10. The molecule has 3 nitrogen and oxygen atoms in total. The number of aliphatic hydroxyl groups is 1. The molecule has 1 atom stereocenters. The van der Waals surface area contributed by atoms with Crippen LogP contribution in [-0.4, -0.2) is 24.3 Å². The number of esters is 1. The molecule has 0 saturated carbocycles. The summed E-state index contributed by atoms with van der Waals surface area (Å²) in [5.41, 5.74) is -0.295. The van der Waals surface area contributed by atoms with Crippen LogP contribution in [0.5, 0.6) is 0 Å². The van der Waals surface area contributed by atoms with Gasteiger partial charge in [0.15, 0.2) is 17.7 Å². The lowest BCUT2D eigenvalue weighted by Crippen LogP contribution is -2.24. The predicted molar refractivity (Wildman–Crippen MR) is 48.0 cm³/mol. The van der Waals surface area contributed by atoms with Crippen molar-refractivity contribution in [2.24, 2.45) is 0 Å². The Balaban J connectivity index is 2.89. The van der Waals surface area contributed by atoms with E-state index < -0.39 is 35.9 Å². The lowest BCUT2D eigenvalue weighted by Gasteiger charge is -2.09. The molecule has 0 radical (unpaired) electrons. The molecule has 6 heteroatoms. The molecule has 0 bridgehead atoms. The van der Waals surface area contributed by atoms with Gasteiger partial charge in [0.1, 0.15) is 5.82 Å². The predicted octanol–water partition coefficient (Wildman–Crippen LogP) is 1.18. The maximum Gasteiger partial charge on any atom is 0.335 e. The van der Waals surface area contributed by atoms with E-state index in [4.69, 9.17) is 0 Å². The second kappa shape index (κ2) is 4.98. The molecule has 0 fully saturated rings. The Labute approximate surface area is 89.5 Å². The summed E-state index contributed by atoms with van der Waals surface area (Å²) in [5, 5.41) is 9.20. The van der Waals surface area contributed by atoms with Gasteiger partial charge in [0.05, 0.1) is 7.11 Å². The Hall–Kier alpha value is -1.56. The number of carbonyl (C=O) groups excluding carboxylic acids is 1. The number of hydrogen-bond donors (Lipinski definition) is 1. The van der Waals surface area contributed by atoms with Crippen molar-refractivity contribution in [1.82, 2.24) is 0 Å². The summed E-state index contributed by atoms with van der Waals surface area (Å²) < 4.78 is 42.6. The molecule has 0 amide bonds. The molecule has 1 rings (SSSR count). The van der Waals surface area contributed by atoms with Crippen LogP contribution < -0.4 is 0 Å². The fourth-order valence-electron chi connectivity index (χ4n) is 1.15. The molecule has 0 aliphatic carbocycles. The zero-order chi connectivity index (χ0) is 12.3. The highest BCUT2D eigenvalue weighted by molar-refractivity contribution is 5.74. The largest absolute Gasteiger partial charge is 0.467 e. The van der Waals surface area contributed by atoms with E-state index in [1.54, 1.807) is 0 Å². The Morgan fingerprint density at radius 1 is 1.31 bits per heavy atom. The summed E-state index contributed by atoms with van der Waals surface area (Å²) in [7, 11) is 1.05. The molecule has 0 spiro atoms. The van der Waals surface area contributed by atoms with Crippen molar-refractivity contribution in [3.8, 4) is 0 Å². The van der Waals surface area contributed by atoms with E-state index in [-0.39, 0.29) is 5.56 Å². The number of methoxy groups -OCH3 is 1. The first-order chi connectivity index (χ1) is 7.45. The molecule has 1 N–H and O–H groups in total. The van der Waals surface area contributed by atoms with Crippen LogP contribution in [0.2, 0.25) is 0 Å². The number of benzene rings is 1. The lowest BCUT2D eigenvalue weighted by molar-refractivity contribution is -0.150. The van der Waals surface area contributed by atoms with Gasteiger partial charge in [-0.05, 0) is 11.6 Å². The minimum atomic E-state index is -1.61. The Morgan fingerprint density at radius 3 is 2.44 bits per heavy atom. The van der Waals surface area contributed by atoms with Gasteiger partial charge in [-0.1, -0.05) is 0 Å². The third-order valence-corrected chi connectivity index (χ3v) is 1.98. The van der Waals surface area contributed by atoms with Crippen LogP contribution in [0.1, 0.15) is 5.56 Å². The van der Waals surface area contributed by atoms with E-state index in [9.17, 15) is 23.1 Å². The summed E-state index contributed by atoms with van der Waals surface area (Å²) in [4.78, 5) is 10.8. The summed E-state index contributed by atoms with van der Waals surface area (Å²) >= 11 is 0. The summed E-state index contributed by atoms with van der Waals surface area (Å²) in [6.45, 7) is 0. The first-order valence-corrected chi connectivity index (χ1v) is 4.35. The van der Waals surface area contributed by atoms with Crippen LogP contribution in [0.4, 0.5) is 13.2 Å². The van der Waals surface area contributed by atoms with E-state index in [1.807, 2.05) is 0 Å². The van der Waals surface area contributed by atoms with Crippen molar-refractivity contribution < 1.29 is 27.8 Å². The number of carbonyl (C=O) groups is 1. The highest BCUT2D eigenvalue weighted by Crippen LogP contribution is 2.15. The zero-order valence-electron chi connectivity index (χ0n) is 8.34. The molecule has 0 aliphatic rings. The van der Waals surface area contributed by atoms with E-state index in [2.05, 4.69) is 4.74 Å². The number of hydrogen-bond acceptors (Lipinski definition) is 3. The molecular formula is C10H9F3O3. The van der Waals surface area contributed by atoms with Gasteiger partial charge in [-0.25, -0.2) is 18.0 Å². The van der Waals surface area contributed by atoms with Crippen LogP contribution >= 0.6 is 0 Å². The van der Waals surface area contributed by atoms with Crippen LogP contribution in [0.15, 0.2) is 12.1 Å². The average molecular weight is 234 g/mol. The average Bonchev–Trinajstić information content (AvgIpc) is 2.24. The minimum absolute atomic E-state index is 0.295. The Morgan fingerprint density at radius 2 is 1.88 bits per heavy atom. The van der Waals surface area contributed by atoms with Gasteiger partial charge in [-0.3, -0.25) is 0 Å². The van der Waals surface area contributed by atoms with E-state index >= 15 is 0 Å². The number of ether oxygens (including phenoxy) is 1. The number of aliphatic hydroxyl groups excluding tert-OH is 1. The van der Waals surface area contributed by atoms with Crippen LogP contribution in [0.3, 0.4) is 0 Å². The van der Waals surface area contributed by atoms with E-state index in [0.717, 1.165) is 7.11 Å². The molecular weight excluding hydrogens is 225 g/mol. The molecule has 88 valence electrons. The maximum atomic E-state index is 13.1. The standard InChI is InChI=1S/C10H9F3O3/c1-16-10(15)9(14)3-5-2-7(12)8(13)4-6(5)11/h2,4,9,14H,3H2,1H3. The maximum absolute atomic E-state index is 13.1. The molecule has 0 aromatic heterocycles. The van der Waals surface area contributed by atoms with Crippen LogP contribution in [0.25, 0.3) is 0 Å². The third-order valence-electron chi connectivity index (χ3n) is 1.98. The summed E-state index contributed by atoms with van der Waals surface area (Å²) in [6.07, 6.45) is -2.08. The molecule has 0 heterocycles. The smallest absolute Gasteiger partial charge is 0.335 e. The molecule has 1 aromatic carbocycles. The topological polar surface area (TPSA) is 46.5 Å². The van der Waals surface area contributed by atoms with Gasteiger partial charge in [0, 0.05) is 12.5 Å².